The lowest BCUT2D eigenvalue weighted by Crippen LogP contribution is -2.52. The van der Waals surface area contributed by atoms with Crippen molar-refractivity contribution in [2.75, 3.05) is 95.6 Å². The number of fused-ring (bicyclic) bond motifs is 1. The minimum Gasteiger partial charge on any atom is -0.493 e. The summed E-state index contributed by atoms with van der Waals surface area (Å²) in [7, 11) is 11.7. The van der Waals surface area contributed by atoms with Crippen molar-refractivity contribution in [2.24, 2.45) is 0 Å². The van der Waals surface area contributed by atoms with Gasteiger partial charge in [0.25, 0.3) is 0 Å². The van der Waals surface area contributed by atoms with E-state index in [9.17, 15) is 19.8 Å². The highest BCUT2D eigenvalue weighted by Gasteiger charge is 2.40. The first-order valence-corrected chi connectivity index (χ1v) is 21.1. The van der Waals surface area contributed by atoms with Crippen molar-refractivity contribution in [1.29, 1.82) is 0 Å². The van der Waals surface area contributed by atoms with Crippen molar-refractivity contribution < 1.29 is 66.7 Å². The molecular weight excluding hydrogens is 808 g/mol. The number of aliphatic hydroxyl groups excluding tert-OH is 2. The SMILES string of the molecule is COc1cc(C[C@@H]2c3cc(CO)c(CO)cc3CC[N@@+]2(C)CCCOC(=O)C(Cl)=CC(=O)OCCC[N+]2(Cc3cc(OC)c(OC)c(OC)c3)CCCC2)cc(OC)c1OC. The van der Waals surface area contributed by atoms with Gasteiger partial charge in [-0.15, -0.1) is 0 Å². The quantitative estimate of drug-likeness (QED) is 0.0544. The molecule has 61 heavy (non-hydrogen) atoms. The molecule has 1 saturated heterocycles. The number of ether oxygens (including phenoxy) is 8. The number of carbonyl (C=O) groups is 2. The number of methoxy groups -OCH3 is 6. The van der Waals surface area contributed by atoms with Crippen LogP contribution in [-0.2, 0) is 51.7 Å². The summed E-state index contributed by atoms with van der Waals surface area (Å²) in [5.41, 5.74) is 5.64. The van der Waals surface area contributed by atoms with Crippen LogP contribution in [-0.4, -0.2) is 127 Å². The van der Waals surface area contributed by atoms with E-state index in [4.69, 9.17) is 49.5 Å². The molecule has 15 heteroatoms. The zero-order valence-electron chi connectivity index (χ0n) is 36.7. The van der Waals surface area contributed by atoms with Gasteiger partial charge in [0.1, 0.15) is 17.6 Å². The van der Waals surface area contributed by atoms with Crippen molar-refractivity contribution in [2.45, 2.75) is 64.3 Å². The zero-order valence-corrected chi connectivity index (χ0v) is 37.4. The minimum atomic E-state index is -0.796. The predicted octanol–water partition coefficient (Wildman–Crippen LogP) is 5.81. The van der Waals surface area contributed by atoms with Crippen LogP contribution in [0.2, 0.25) is 0 Å². The highest BCUT2D eigenvalue weighted by Crippen LogP contribution is 2.44. The maximum atomic E-state index is 12.9. The first kappa shape index (κ1) is 47.3. The number of esters is 2. The molecule has 14 nitrogen and oxygen atoms in total. The molecule has 0 bridgehead atoms. The standard InChI is InChI=1S/C46H63ClN2O12/c1-48(17-12-33-25-34(29-50)35(30-51)26-36(33)38(48)20-31-21-39(54-2)44(58-6)40(22-31)55-3)13-10-19-61-46(53)37(47)27-43(52)60-18-11-16-49(14-8-9-15-49)28-32-23-41(56-4)45(59-7)42(24-32)57-5/h21-27,38,50-51H,8-20,28-30H2,1-7H3/q+2/t38-,48-/m1/s1. The first-order chi connectivity index (χ1) is 29.4. The monoisotopic (exact) mass is 870 g/mol. The van der Waals surface area contributed by atoms with Crippen molar-refractivity contribution >= 4 is 23.5 Å². The number of likely N-dealkylation sites (N-methyl/N-ethyl adjacent to an activating group) is 1. The van der Waals surface area contributed by atoms with Crippen molar-refractivity contribution in [3.8, 4) is 34.5 Å². The van der Waals surface area contributed by atoms with E-state index in [1.807, 2.05) is 36.4 Å². The molecule has 0 aliphatic carbocycles. The smallest absolute Gasteiger partial charge is 0.350 e. The molecule has 334 valence electrons. The maximum absolute atomic E-state index is 12.9. The van der Waals surface area contributed by atoms with Crippen molar-refractivity contribution in [3.05, 3.63) is 80.9 Å². The summed E-state index contributed by atoms with van der Waals surface area (Å²) >= 11 is 6.26. The van der Waals surface area contributed by atoms with Gasteiger partial charge in [0.05, 0.1) is 109 Å². The number of halogens is 1. The van der Waals surface area contributed by atoms with E-state index in [0.717, 1.165) is 84.8 Å². The van der Waals surface area contributed by atoms with Gasteiger partial charge in [0, 0.05) is 55.7 Å². The van der Waals surface area contributed by atoms with E-state index in [-0.39, 0.29) is 37.5 Å². The van der Waals surface area contributed by atoms with Crippen LogP contribution in [0.15, 0.2) is 47.5 Å². The number of hydrogen-bond donors (Lipinski definition) is 2. The third-order valence-corrected chi connectivity index (χ3v) is 12.5. The van der Waals surface area contributed by atoms with E-state index < -0.39 is 11.9 Å². The molecule has 3 aromatic carbocycles. The van der Waals surface area contributed by atoms with E-state index in [1.165, 1.54) is 0 Å². The molecular formula is C46H63ClN2O12+2. The number of nitrogens with zero attached hydrogens (tertiary/aromatic N) is 2. The zero-order chi connectivity index (χ0) is 44.2. The lowest BCUT2D eigenvalue weighted by molar-refractivity contribution is -0.941. The number of aliphatic hydroxyl groups is 2. The Balaban J connectivity index is 1.17. The van der Waals surface area contributed by atoms with Crippen LogP contribution in [0.5, 0.6) is 34.5 Å². The fourth-order valence-electron chi connectivity index (χ4n) is 9.04. The Morgan fingerprint density at radius 1 is 0.705 bits per heavy atom. The van der Waals surface area contributed by atoms with Crippen LogP contribution in [0, 0.1) is 0 Å². The predicted molar refractivity (Wildman–Crippen MR) is 229 cm³/mol. The molecule has 2 N–H and O–H groups in total. The maximum Gasteiger partial charge on any atom is 0.350 e. The highest BCUT2D eigenvalue weighted by molar-refractivity contribution is 6.42. The van der Waals surface area contributed by atoms with Gasteiger partial charge in [-0.1, -0.05) is 17.7 Å². The molecule has 2 aliphatic rings. The molecule has 2 atom stereocenters. The molecule has 0 amide bonds. The van der Waals surface area contributed by atoms with Crippen LogP contribution in [0.3, 0.4) is 0 Å². The van der Waals surface area contributed by atoms with Gasteiger partial charge >= 0.3 is 11.9 Å². The number of rotatable bonds is 22. The van der Waals surface area contributed by atoms with Gasteiger partial charge in [0.2, 0.25) is 11.5 Å². The fourth-order valence-corrected chi connectivity index (χ4v) is 9.18. The summed E-state index contributed by atoms with van der Waals surface area (Å²) in [4.78, 5) is 25.6. The third-order valence-electron chi connectivity index (χ3n) is 12.2. The molecule has 0 spiro atoms. The summed E-state index contributed by atoms with van der Waals surface area (Å²) in [6.07, 6.45) is 5.73. The second-order valence-electron chi connectivity index (χ2n) is 16.0. The second-order valence-corrected chi connectivity index (χ2v) is 16.4. The van der Waals surface area contributed by atoms with Gasteiger partial charge in [0.15, 0.2) is 23.0 Å². The fraction of sp³-hybridized carbons (Fsp3) is 0.522. The molecule has 2 heterocycles. The molecule has 0 unspecified atom stereocenters. The molecule has 0 aromatic heterocycles. The van der Waals surface area contributed by atoms with E-state index in [1.54, 1.807) is 42.7 Å². The van der Waals surface area contributed by atoms with Gasteiger partial charge in [-0.3, -0.25) is 0 Å². The van der Waals surface area contributed by atoms with Gasteiger partial charge in [-0.05, 0) is 52.6 Å². The second kappa shape index (κ2) is 21.9. The highest BCUT2D eigenvalue weighted by atomic mass is 35.5. The van der Waals surface area contributed by atoms with Crippen molar-refractivity contribution in [1.82, 2.24) is 0 Å². The lowest BCUT2D eigenvalue weighted by Gasteiger charge is -2.46. The summed E-state index contributed by atoms with van der Waals surface area (Å²) < 4.78 is 46.0. The summed E-state index contributed by atoms with van der Waals surface area (Å²) in [5, 5.41) is 19.9. The number of quaternary nitrogens is 2. The Hall–Kier alpha value is -4.73. The minimum absolute atomic E-state index is 0.0598. The average Bonchev–Trinajstić information content (AvgIpc) is 3.74. The molecule has 2 aliphatic heterocycles. The Morgan fingerprint density at radius 3 is 1.77 bits per heavy atom. The van der Waals surface area contributed by atoms with E-state index in [0.29, 0.717) is 75.9 Å². The average molecular weight is 871 g/mol. The van der Waals surface area contributed by atoms with Gasteiger partial charge in [-0.2, -0.15) is 0 Å². The Morgan fingerprint density at radius 2 is 1.23 bits per heavy atom. The topological polar surface area (TPSA) is 148 Å². The first-order valence-electron chi connectivity index (χ1n) is 20.7. The summed E-state index contributed by atoms with van der Waals surface area (Å²) in [5.74, 6) is 1.89. The van der Waals surface area contributed by atoms with E-state index >= 15 is 0 Å². The van der Waals surface area contributed by atoms with Gasteiger partial charge < -0.3 is 57.1 Å². The number of likely N-dealkylation sites (tertiary alicyclic amines) is 1. The van der Waals surface area contributed by atoms with Crippen LogP contribution in [0.4, 0.5) is 0 Å². The molecule has 1 fully saturated rings. The normalized spacial score (nSPS) is 18.2. The largest absolute Gasteiger partial charge is 0.493 e. The number of benzene rings is 3. The van der Waals surface area contributed by atoms with Crippen LogP contribution < -0.4 is 28.4 Å². The summed E-state index contributed by atoms with van der Waals surface area (Å²) in [6.45, 7) is 4.96. The molecule has 0 radical (unpaired) electrons. The van der Waals surface area contributed by atoms with Crippen LogP contribution in [0.25, 0.3) is 0 Å². The van der Waals surface area contributed by atoms with Crippen molar-refractivity contribution in [3.63, 3.8) is 0 Å². The summed E-state index contributed by atoms with van der Waals surface area (Å²) in [6, 6.07) is 11.8. The molecule has 5 rings (SSSR count). The Bertz CT molecular complexity index is 1970. The van der Waals surface area contributed by atoms with Crippen LogP contribution >= 0.6 is 11.6 Å². The number of hydrogen-bond acceptors (Lipinski definition) is 12. The Kier molecular flexibility index (Phi) is 17.0. The molecule has 0 saturated carbocycles. The number of carbonyl (C=O) groups excluding carboxylic acids is 2. The lowest BCUT2D eigenvalue weighted by atomic mass is 9.84. The van der Waals surface area contributed by atoms with Crippen LogP contribution in [0.1, 0.15) is 65.1 Å². The Labute approximate surface area is 364 Å². The van der Waals surface area contributed by atoms with E-state index in [2.05, 4.69) is 7.05 Å². The van der Waals surface area contributed by atoms with Gasteiger partial charge in [-0.25, -0.2) is 9.59 Å². The molecule has 3 aromatic rings. The third kappa shape index (κ3) is 11.4.